The molecule has 2 saturated heterocycles. The highest BCUT2D eigenvalue weighted by Crippen LogP contribution is 2.53. The van der Waals surface area contributed by atoms with Crippen molar-refractivity contribution in [2.75, 3.05) is 47.4 Å². The van der Waals surface area contributed by atoms with Gasteiger partial charge in [-0.2, -0.15) is 12.7 Å². The second-order valence-corrected chi connectivity index (χ2v) is 16.7. The molecule has 11 nitrogen and oxygen atoms in total. The number of amides is 3. The van der Waals surface area contributed by atoms with E-state index in [9.17, 15) is 22.8 Å². The molecule has 2 aliphatic heterocycles. The summed E-state index contributed by atoms with van der Waals surface area (Å²) in [6.07, 6.45) is 7.16. The third-order valence-corrected chi connectivity index (χ3v) is 12.8. The third-order valence-electron chi connectivity index (χ3n) is 11.4. The van der Waals surface area contributed by atoms with Crippen molar-refractivity contribution in [3.05, 3.63) is 53.6 Å². The van der Waals surface area contributed by atoms with Crippen molar-refractivity contribution in [2.24, 2.45) is 17.3 Å². The monoisotopic (exact) mass is 689 g/mol. The Morgan fingerprint density at radius 2 is 1.55 bits per heavy atom. The van der Waals surface area contributed by atoms with Gasteiger partial charge in [0, 0.05) is 82.0 Å². The van der Waals surface area contributed by atoms with E-state index >= 15 is 0 Å². The van der Waals surface area contributed by atoms with Gasteiger partial charge in [-0.15, -0.1) is 0 Å². The molecule has 1 aromatic heterocycles. The van der Waals surface area contributed by atoms with Crippen molar-refractivity contribution in [3.63, 3.8) is 0 Å². The SMILES string of the molecule is COc1ccc(-c2c(C3CCCCC3)c3ccc(C(=O)NS(=O)(=O)N(C)C)cc3n2CC2(C(=O)N3CC4CN(C(C)=O)CC4C3)CC2)cc1. The summed E-state index contributed by atoms with van der Waals surface area (Å²) in [5.74, 6) is 1.25. The third kappa shape index (κ3) is 6.22. The van der Waals surface area contributed by atoms with Crippen LogP contribution in [0.25, 0.3) is 22.2 Å². The molecule has 2 unspecified atom stereocenters. The van der Waals surface area contributed by atoms with Crippen LogP contribution < -0.4 is 9.46 Å². The standard InChI is InChI=1S/C37H47N5O6S/c1-24(43)40-19-28-21-41(22-29(28)20-40)36(45)37(16-17-37)23-42-32-18-27(35(44)38-49(46,47)39(2)3)12-15-31(32)33(25-8-6-5-7-9-25)34(42)26-10-13-30(48-4)14-11-26/h10-15,18,25,28-29H,5-9,16-17,19-23H2,1-4H3,(H,38,44). The van der Waals surface area contributed by atoms with Crippen LogP contribution in [0.2, 0.25) is 0 Å². The van der Waals surface area contributed by atoms with Crippen LogP contribution in [0.3, 0.4) is 0 Å². The highest BCUT2D eigenvalue weighted by molar-refractivity contribution is 7.87. The van der Waals surface area contributed by atoms with Gasteiger partial charge in [0.15, 0.2) is 0 Å². The summed E-state index contributed by atoms with van der Waals surface area (Å²) >= 11 is 0. The summed E-state index contributed by atoms with van der Waals surface area (Å²) in [6.45, 7) is 4.83. The average Bonchev–Trinajstić information content (AvgIpc) is 3.43. The van der Waals surface area contributed by atoms with Gasteiger partial charge in [-0.3, -0.25) is 14.4 Å². The summed E-state index contributed by atoms with van der Waals surface area (Å²) < 4.78 is 36.1. The second kappa shape index (κ2) is 12.8. The van der Waals surface area contributed by atoms with Gasteiger partial charge in [-0.1, -0.05) is 25.3 Å². The Labute approximate surface area is 288 Å². The first-order valence-corrected chi connectivity index (χ1v) is 18.9. The summed E-state index contributed by atoms with van der Waals surface area (Å²) in [5, 5.41) is 1.04. The average molecular weight is 690 g/mol. The Balaban J connectivity index is 1.32. The van der Waals surface area contributed by atoms with Gasteiger partial charge in [-0.05, 0) is 79.1 Å². The number of benzene rings is 2. The van der Waals surface area contributed by atoms with Crippen molar-refractivity contribution in [2.45, 2.75) is 64.3 Å². The minimum atomic E-state index is -3.99. The molecule has 0 radical (unpaired) electrons. The van der Waals surface area contributed by atoms with Crippen LogP contribution in [0.5, 0.6) is 5.75 Å². The van der Waals surface area contributed by atoms with E-state index in [2.05, 4.69) is 21.4 Å². The summed E-state index contributed by atoms with van der Waals surface area (Å²) in [6, 6.07) is 13.5. The predicted molar refractivity (Wildman–Crippen MR) is 187 cm³/mol. The molecule has 0 bridgehead atoms. The fourth-order valence-electron chi connectivity index (χ4n) is 8.46. The molecule has 2 aromatic carbocycles. The number of carbonyl (C=O) groups is 3. The molecule has 0 spiro atoms. The number of nitrogens with one attached hydrogen (secondary N) is 1. The van der Waals surface area contributed by atoms with E-state index in [1.54, 1.807) is 26.2 Å². The van der Waals surface area contributed by atoms with E-state index in [4.69, 9.17) is 4.74 Å². The Hall–Kier alpha value is -3.90. The molecule has 4 fully saturated rings. The summed E-state index contributed by atoms with van der Waals surface area (Å²) in [5.41, 5.74) is 3.81. The zero-order valence-electron chi connectivity index (χ0n) is 28.9. The van der Waals surface area contributed by atoms with Crippen LogP contribution in [0.4, 0.5) is 0 Å². The van der Waals surface area contributed by atoms with E-state index in [0.29, 0.717) is 50.5 Å². The minimum Gasteiger partial charge on any atom is -0.497 e. The number of ether oxygens (including phenoxy) is 1. The molecule has 3 heterocycles. The predicted octanol–water partition coefficient (Wildman–Crippen LogP) is 4.62. The van der Waals surface area contributed by atoms with Crippen molar-refractivity contribution in [3.8, 4) is 17.0 Å². The Morgan fingerprint density at radius 3 is 2.12 bits per heavy atom. The van der Waals surface area contributed by atoms with E-state index in [1.807, 2.05) is 28.0 Å². The molecule has 3 amide bonds. The maximum atomic E-state index is 14.4. The lowest BCUT2D eigenvalue weighted by Gasteiger charge is -2.27. The van der Waals surface area contributed by atoms with Gasteiger partial charge < -0.3 is 19.1 Å². The number of methoxy groups -OCH3 is 1. The lowest BCUT2D eigenvalue weighted by molar-refractivity contribution is -0.137. The molecule has 3 aromatic rings. The fraction of sp³-hybridized carbons (Fsp3) is 0.541. The number of hydrogen-bond acceptors (Lipinski definition) is 6. The number of likely N-dealkylation sites (tertiary alicyclic amines) is 2. The van der Waals surface area contributed by atoms with Gasteiger partial charge in [0.05, 0.1) is 18.2 Å². The van der Waals surface area contributed by atoms with Crippen molar-refractivity contribution < 1.29 is 27.5 Å². The quantitative estimate of drug-likeness (QED) is 0.350. The Kier molecular flexibility index (Phi) is 8.75. The molecular formula is C37H47N5O6S. The number of hydrogen-bond donors (Lipinski definition) is 1. The van der Waals surface area contributed by atoms with Crippen LogP contribution in [0.1, 0.15) is 73.7 Å². The smallest absolute Gasteiger partial charge is 0.303 e. The number of fused-ring (bicyclic) bond motifs is 2. The summed E-state index contributed by atoms with van der Waals surface area (Å²) in [4.78, 5) is 43.8. The lowest BCUT2D eigenvalue weighted by atomic mass is 9.81. The van der Waals surface area contributed by atoms with Crippen molar-refractivity contribution >= 4 is 38.8 Å². The van der Waals surface area contributed by atoms with Gasteiger partial charge in [-0.25, -0.2) is 4.72 Å². The molecule has 1 N–H and O–H groups in total. The zero-order chi connectivity index (χ0) is 34.7. The molecule has 7 rings (SSSR count). The summed E-state index contributed by atoms with van der Waals surface area (Å²) in [7, 11) is 0.409. The van der Waals surface area contributed by atoms with Gasteiger partial charge in [0.1, 0.15) is 5.75 Å². The highest BCUT2D eigenvalue weighted by atomic mass is 32.2. The van der Waals surface area contributed by atoms with Crippen LogP contribution in [-0.2, 0) is 26.3 Å². The molecule has 2 aliphatic carbocycles. The Bertz CT molecular complexity index is 1880. The molecule has 262 valence electrons. The highest BCUT2D eigenvalue weighted by Gasteiger charge is 2.55. The maximum absolute atomic E-state index is 14.4. The van der Waals surface area contributed by atoms with E-state index in [0.717, 1.165) is 70.7 Å². The number of aromatic nitrogens is 1. The second-order valence-electron chi connectivity index (χ2n) is 14.8. The molecular weight excluding hydrogens is 643 g/mol. The van der Waals surface area contributed by atoms with Gasteiger partial charge in [0.2, 0.25) is 11.8 Å². The Morgan fingerprint density at radius 1 is 0.918 bits per heavy atom. The molecule has 2 atom stereocenters. The first kappa shape index (κ1) is 33.6. The minimum absolute atomic E-state index is 0.0950. The number of nitrogens with zero attached hydrogens (tertiary/aromatic N) is 4. The van der Waals surface area contributed by atoms with Crippen LogP contribution in [0.15, 0.2) is 42.5 Å². The van der Waals surface area contributed by atoms with Crippen molar-refractivity contribution in [1.29, 1.82) is 0 Å². The molecule has 12 heteroatoms. The molecule has 49 heavy (non-hydrogen) atoms. The van der Waals surface area contributed by atoms with E-state index in [-0.39, 0.29) is 17.4 Å². The fourth-order valence-corrected chi connectivity index (χ4v) is 8.99. The van der Waals surface area contributed by atoms with E-state index in [1.165, 1.54) is 26.1 Å². The van der Waals surface area contributed by atoms with Crippen LogP contribution in [0, 0.1) is 17.3 Å². The van der Waals surface area contributed by atoms with Gasteiger partial charge >= 0.3 is 10.2 Å². The van der Waals surface area contributed by atoms with Crippen molar-refractivity contribution in [1.82, 2.24) is 23.4 Å². The maximum Gasteiger partial charge on any atom is 0.303 e. The number of carbonyl (C=O) groups excluding carboxylic acids is 3. The lowest BCUT2D eigenvalue weighted by Crippen LogP contribution is -2.40. The van der Waals surface area contributed by atoms with E-state index < -0.39 is 21.5 Å². The largest absolute Gasteiger partial charge is 0.497 e. The first-order chi connectivity index (χ1) is 23.4. The van der Waals surface area contributed by atoms with Crippen LogP contribution >= 0.6 is 0 Å². The molecule has 2 saturated carbocycles. The topological polar surface area (TPSA) is 121 Å². The van der Waals surface area contributed by atoms with Gasteiger partial charge in [0.25, 0.3) is 5.91 Å². The number of rotatable bonds is 9. The normalized spacial score (nSPS) is 22.1. The zero-order valence-corrected chi connectivity index (χ0v) is 29.7. The molecule has 4 aliphatic rings. The van der Waals surface area contributed by atoms with Crippen LogP contribution in [-0.4, -0.2) is 92.2 Å². The first-order valence-electron chi connectivity index (χ1n) is 17.5.